The van der Waals surface area contributed by atoms with Gasteiger partial charge in [0.2, 0.25) is 0 Å². The highest BCUT2D eigenvalue weighted by Gasteiger charge is 2.42. The maximum absolute atomic E-state index is 7.02. The summed E-state index contributed by atoms with van der Waals surface area (Å²) < 4.78 is 0. The molecule has 0 aliphatic heterocycles. The molecule has 1 heterocycles. The van der Waals surface area contributed by atoms with Gasteiger partial charge in [-0.1, -0.05) is 30.3 Å². The van der Waals surface area contributed by atoms with Gasteiger partial charge in [-0.3, -0.25) is 4.98 Å². The van der Waals surface area contributed by atoms with E-state index in [1.54, 1.807) is 0 Å². The molecule has 1 aromatic heterocycles. The maximum Gasteiger partial charge on any atom is 0.0497 e. The highest BCUT2D eigenvalue weighted by molar-refractivity contribution is 5.41. The third kappa shape index (κ3) is 2.01. The van der Waals surface area contributed by atoms with Crippen LogP contribution in [0, 0.1) is 0 Å². The highest BCUT2D eigenvalue weighted by atomic mass is 14.8. The summed E-state index contributed by atoms with van der Waals surface area (Å²) in [6.45, 7) is 0. The van der Waals surface area contributed by atoms with Crippen molar-refractivity contribution in [2.75, 3.05) is 0 Å². The van der Waals surface area contributed by atoms with E-state index in [4.69, 9.17) is 10.7 Å². The molecule has 2 unspecified atom stereocenters. The molecular weight excluding hydrogens is 256 g/mol. The summed E-state index contributed by atoms with van der Waals surface area (Å²) >= 11 is 0. The zero-order valence-corrected chi connectivity index (χ0v) is 12.4. The maximum atomic E-state index is 7.02. The standard InChI is InChI=1S/C19H22N2/c20-19(12-4-8-14-6-1-2-10-16(14)19)17-11-3-7-15-9-5-13-21-18(15)17/h1-2,5-6,9-10,13,17H,3-4,7-8,11-12,20H2. The molecule has 0 saturated carbocycles. The Hall–Kier alpha value is -1.67. The first kappa shape index (κ1) is 13.0. The van der Waals surface area contributed by atoms with E-state index in [-0.39, 0.29) is 5.54 Å². The number of hydrogen-bond acceptors (Lipinski definition) is 2. The molecule has 0 radical (unpaired) electrons. The van der Waals surface area contributed by atoms with Crippen molar-refractivity contribution in [2.24, 2.45) is 5.73 Å². The number of nitrogens with two attached hydrogens (primary N) is 1. The second-order valence-electron chi connectivity index (χ2n) is 6.54. The van der Waals surface area contributed by atoms with Crippen LogP contribution in [0.3, 0.4) is 0 Å². The van der Waals surface area contributed by atoms with Gasteiger partial charge in [0.1, 0.15) is 0 Å². The van der Waals surface area contributed by atoms with Crippen LogP contribution in [0.15, 0.2) is 42.6 Å². The third-order valence-corrected chi connectivity index (χ3v) is 5.37. The van der Waals surface area contributed by atoms with Crippen molar-refractivity contribution in [1.29, 1.82) is 0 Å². The van der Waals surface area contributed by atoms with Gasteiger partial charge in [0.15, 0.2) is 0 Å². The second kappa shape index (κ2) is 4.96. The molecule has 2 aliphatic rings. The topological polar surface area (TPSA) is 38.9 Å². The largest absolute Gasteiger partial charge is 0.321 e. The summed E-state index contributed by atoms with van der Waals surface area (Å²) in [5, 5.41) is 0. The fraction of sp³-hybridized carbons (Fsp3) is 0.421. The molecule has 2 N–H and O–H groups in total. The summed E-state index contributed by atoms with van der Waals surface area (Å²) in [4.78, 5) is 4.71. The number of hydrogen-bond donors (Lipinski definition) is 1. The number of pyridine rings is 1. The van der Waals surface area contributed by atoms with Gasteiger partial charge in [-0.05, 0) is 61.3 Å². The number of nitrogens with zero attached hydrogens (tertiary/aromatic N) is 1. The van der Waals surface area contributed by atoms with E-state index in [2.05, 4.69) is 36.4 Å². The Morgan fingerprint density at radius 2 is 1.81 bits per heavy atom. The van der Waals surface area contributed by atoms with Crippen LogP contribution < -0.4 is 5.73 Å². The van der Waals surface area contributed by atoms with Crippen LogP contribution in [0.5, 0.6) is 0 Å². The van der Waals surface area contributed by atoms with Gasteiger partial charge in [-0.25, -0.2) is 0 Å². The van der Waals surface area contributed by atoms with Gasteiger partial charge in [-0.2, -0.15) is 0 Å². The van der Waals surface area contributed by atoms with Gasteiger partial charge in [0, 0.05) is 23.3 Å². The van der Waals surface area contributed by atoms with Crippen molar-refractivity contribution in [3.8, 4) is 0 Å². The summed E-state index contributed by atoms with van der Waals surface area (Å²) in [7, 11) is 0. The van der Waals surface area contributed by atoms with Crippen molar-refractivity contribution in [2.45, 2.75) is 50.0 Å². The SMILES string of the molecule is NC1(C2CCCc3cccnc32)CCCc2ccccc21. The minimum Gasteiger partial charge on any atom is -0.321 e. The lowest BCUT2D eigenvalue weighted by molar-refractivity contribution is 0.273. The van der Waals surface area contributed by atoms with E-state index in [9.17, 15) is 0 Å². The van der Waals surface area contributed by atoms with E-state index >= 15 is 0 Å². The van der Waals surface area contributed by atoms with E-state index in [0.717, 1.165) is 25.7 Å². The van der Waals surface area contributed by atoms with E-state index in [1.807, 2.05) is 6.20 Å². The second-order valence-corrected chi connectivity index (χ2v) is 6.54. The van der Waals surface area contributed by atoms with Crippen LogP contribution in [0.1, 0.15) is 54.0 Å². The van der Waals surface area contributed by atoms with Crippen LogP contribution in [-0.2, 0) is 18.4 Å². The van der Waals surface area contributed by atoms with Crippen molar-refractivity contribution < 1.29 is 0 Å². The lowest BCUT2D eigenvalue weighted by Crippen LogP contribution is -2.46. The number of rotatable bonds is 1. The molecule has 2 nitrogen and oxygen atoms in total. The zero-order chi connectivity index (χ0) is 14.3. The van der Waals surface area contributed by atoms with Gasteiger partial charge in [-0.15, -0.1) is 0 Å². The molecule has 2 aliphatic carbocycles. The Balaban J connectivity index is 1.84. The Morgan fingerprint density at radius 3 is 2.76 bits per heavy atom. The average molecular weight is 278 g/mol. The average Bonchev–Trinajstić information content (AvgIpc) is 2.55. The predicted molar refractivity (Wildman–Crippen MR) is 85.2 cm³/mol. The lowest BCUT2D eigenvalue weighted by atomic mass is 9.65. The minimum atomic E-state index is -0.238. The molecule has 0 bridgehead atoms. The lowest BCUT2D eigenvalue weighted by Gasteiger charge is -2.44. The molecule has 21 heavy (non-hydrogen) atoms. The number of aromatic nitrogens is 1. The Bertz CT molecular complexity index is 664. The smallest absolute Gasteiger partial charge is 0.0497 e. The van der Waals surface area contributed by atoms with Crippen LogP contribution in [0.4, 0.5) is 0 Å². The number of benzene rings is 1. The van der Waals surface area contributed by atoms with Crippen molar-refractivity contribution >= 4 is 0 Å². The zero-order valence-electron chi connectivity index (χ0n) is 12.4. The predicted octanol–water partition coefficient (Wildman–Crippen LogP) is 3.69. The number of fused-ring (bicyclic) bond motifs is 2. The Kier molecular flexibility index (Phi) is 3.07. The molecule has 1 aromatic carbocycles. The molecule has 0 saturated heterocycles. The van der Waals surface area contributed by atoms with Crippen molar-refractivity contribution in [3.63, 3.8) is 0 Å². The van der Waals surface area contributed by atoms with Gasteiger partial charge in [0.05, 0.1) is 0 Å². The number of aryl methyl sites for hydroxylation is 2. The first-order valence-corrected chi connectivity index (χ1v) is 8.10. The van der Waals surface area contributed by atoms with Crippen LogP contribution in [0.2, 0.25) is 0 Å². The highest BCUT2D eigenvalue weighted by Crippen LogP contribution is 2.47. The molecule has 0 fully saturated rings. The molecule has 108 valence electrons. The molecule has 0 amide bonds. The van der Waals surface area contributed by atoms with E-state index < -0.39 is 0 Å². The van der Waals surface area contributed by atoms with Gasteiger partial charge in [0.25, 0.3) is 0 Å². The first-order valence-electron chi connectivity index (χ1n) is 8.10. The summed E-state index contributed by atoms with van der Waals surface area (Å²) in [6, 6.07) is 13.0. The summed E-state index contributed by atoms with van der Waals surface area (Å²) in [6.07, 6.45) is 8.89. The van der Waals surface area contributed by atoms with Crippen LogP contribution >= 0.6 is 0 Å². The quantitative estimate of drug-likeness (QED) is 0.864. The van der Waals surface area contributed by atoms with E-state index in [0.29, 0.717) is 5.92 Å². The molecule has 2 heteroatoms. The molecule has 2 aromatic rings. The fourth-order valence-corrected chi connectivity index (χ4v) is 4.37. The van der Waals surface area contributed by atoms with E-state index in [1.165, 1.54) is 35.2 Å². The monoisotopic (exact) mass is 278 g/mol. The molecule has 0 spiro atoms. The van der Waals surface area contributed by atoms with Crippen molar-refractivity contribution in [3.05, 3.63) is 65.0 Å². The summed E-state index contributed by atoms with van der Waals surface area (Å²) in [5.74, 6) is 0.365. The minimum absolute atomic E-state index is 0.238. The first-order chi connectivity index (χ1) is 10.3. The molecule has 2 atom stereocenters. The fourth-order valence-electron chi connectivity index (χ4n) is 4.37. The van der Waals surface area contributed by atoms with Crippen molar-refractivity contribution in [1.82, 2.24) is 4.98 Å². The van der Waals surface area contributed by atoms with Gasteiger partial charge < -0.3 is 5.73 Å². The van der Waals surface area contributed by atoms with Crippen LogP contribution in [0.25, 0.3) is 0 Å². The molecule has 4 rings (SSSR count). The Labute approximate surface area is 126 Å². The Morgan fingerprint density at radius 1 is 1.00 bits per heavy atom. The summed E-state index contributed by atoms with van der Waals surface area (Å²) in [5.41, 5.74) is 12.2. The third-order valence-electron chi connectivity index (χ3n) is 5.37. The van der Waals surface area contributed by atoms with Crippen LogP contribution in [-0.4, -0.2) is 4.98 Å². The van der Waals surface area contributed by atoms with Gasteiger partial charge >= 0.3 is 0 Å². The molecular formula is C19H22N2. The normalized spacial score (nSPS) is 27.8.